The maximum atomic E-state index is 3.19. The van der Waals surface area contributed by atoms with Crippen LogP contribution in [0.3, 0.4) is 0 Å². The van der Waals surface area contributed by atoms with Crippen LogP contribution in [0.15, 0.2) is 91.0 Å². The van der Waals surface area contributed by atoms with Crippen molar-refractivity contribution in [3.05, 3.63) is 108 Å². The Hall–Kier alpha value is 1.30. The predicted octanol–water partition coefficient (Wildman–Crippen LogP) is -0.982. The first kappa shape index (κ1) is 38.8. The minimum atomic E-state index is 0. The van der Waals surface area contributed by atoms with Gasteiger partial charge in [0.1, 0.15) is 0 Å². The third kappa shape index (κ3) is 11.9. The average Bonchev–Trinajstić information content (AvgIpc) is 3.48. The molecule has 0 radical (unpaired) electrons. The number of benzene rings is 3. The molecule has 0 saturated carbocycles. The molecule has 0 amide bonds. The molecule has 0 nitrogen and oxygen atoms in total. The van der Waals surface area contributed by atoms with E-state index in [2.05, 4.69) is 108 Å². The van der Waals surface area contributed by atoms with E-state index in [0.717, 1.165) is 24.6 Å². The van der Waals surface area contributed by atoms with Gasteiger partial charge in [0, 0.05) is 0 Å². The smallest absolute Gasteiger partial charge is 1.00 e. The predicted molar refractivity (Wildman–Crippen MR) is 127 cm³/mol. The fraction of sp³-hybridized carbons (Fsp3) is 0. The monoisotopic (exact) mass is 774 g/mol. The van der Waals surface area contributed by atoms with Crippen molar-refractivity contribution in [1.82, 2.24) is 0 Å². The minimum absolute atomic E-state index is 0. The van der Waals surface area contributed by atoms with Crippen LogP contribution in [0.1, 0.15) is 0 Å². The summed E-state index contributed by atoms with van der Waals surface area (Å²) in [5.74, 6) is 9.57. The SMILES string of the molecule is [Cl-].[Cl-].[Cl-].[Zr+2].[Zr+2].[Zr+2].[c-]1cc2ccccc2[pH]1.[c-]1cc2ccccc2[pH]1.[c-]1cc2ccccc2[pH]1. The van der Waals surface area contributed by atoms with Crippen molar-refractivity contribution in [3.63, 3.8) is 0 Å². The largest absolute Gasteiger partial charge is 2.00 e. The fourth-order valence-corrected chi connectivity index (χ4v) is 5.37. The van der Waals surface area contributed by atoms with Crippen LogP contribution >= 0.6 is 24.6 Å². The van der Waals surface area contributed by atoms with Crippen molar-refractivity contribution in [2.45, 2.75) is 0 Å². The van der Waals surface area contributed by atoms with Gasteiger partial charge in [-0.1, -0.05) is 36.4 Å². The first-order chi connectivity index (χ1) is 13.4. The van der Waals surface area contributed by atoms with Crippen LogP contribution in [0.25, 0.3) is 31.5 Å². The summed E-state index contributed by atoms with van der Waals surface area (Å²) in [4.78, 5) is 0. The molecule has 0 bridgehead atoms. The Morgan fingerprint density at radius 3 is 0.879 bits per heavy atom. The molecule has 3 atom stereocenters. The van der Waals surface area contributed by atoms with Gasteiger partial charge in [-0.15, -0.1) is 36.4 Å². The summed E-state index contributed by atoms with van der Waals surface area (Å²) in [6, 6.07) is 31.5. The van der Waals surface area contributed by atoms with E-state index >= 15 is 0 Å². The maximum absolute atomic E-state index is 3.19. The zero-order valence-corrected chi connectivity index (χ0v) is 29.9. The van der Waals surface area contributed by atoms with Crippen molar-refractivity contribution in [1.29, 1.82) is 0 Å². The molecule has 3 aromatic heterocycles. The standard InChI is InChI=1S/3C8H6P.3ClH.3Zr/c3*1-2-4-8-7(3-1)5-6-9-8;;;;;;/h3*1-5,9H;3*1H;;;/q3*-1;;;;3*+2/p-3. The Morgan fingerprint density at radius 2 is 0.636 bits per heavy atom. The van der Waals surface area contributed by atoms with E-state index in [-0.39, 0.29) is 116 Å². The van der Waals surface area contributed by atoms with Gasteiger partial charge in [-0.05, 0) is 0 Å². The molecule has 6 aromatic rings. The van der Waals surface area contributed by atoms with Gasteiger partial charge in [0.15, 0.2) is 0 Å². The van der Waals surface area contributed by atoms with Gasteiger partial charge in [0.05, 0.1) is 0 Å². The summed E-state index contributed by atoms with van der Waals surface area (Å²) in [6.45, 7) is 0. The van der Waals surface area contributed by atoms with Gasteiger partial charge in [-0.3, -0.25) is 24.6 Å². The molecular formula is C24H18Cl3P3Zr3. The molecule has 0 N–H and O–H groups in total. The molecule has 0 fully saturated rings. The van der Waals surface area contributed by atoms with E-state index in [0.29, 0.717) is 0 Å². The molecule has 3 heterocycles. The second kappa shape index (κ2) is 21.4. The normalized spacial score (nSPS) is 9.09. The third-order valence-corrected chi connectivity index (χ3v) is 7.23. The second-order valence-electron chi connectivity index (χ2n) is 6.00. The molecule has 3 unspecified atom stereocenters. The van der Waals surface area contributed by atoms with Gasteiger partial charge in [0.25, 0.3) is 0 Å². The van der Waals surface area contributed by atoms with Crippen LogP contribution in [0.4, 0.5) is 0 Å². The Bertz CT molecular complexity index is 1020. The summed E-state index contributed by atoms with van der Waals surface area (Å²) >= 11 is 0. The van der Waals surface area contributed by atoms with Gasteiger partial charge >= 0.3 is 78.6 Å². The molecule has 0 spiro atoms. The van der Waals surface area contributed by atoms with Crippen molar-refractivity contribution in [2.24, 2.45) is 0 Å². The van der Waals surface area contributed by atoms with Crippen molar-refractivity contribution in [3.8, 4) is 0 Å². The van der Waals surface area contributed by atoms with Crippen LogP contribution in [0, 0.1) is 17.4 Å². The Labute approximate surface area is 276 Å². The van der Waals surface area contributed by atoms with E-state index in [1.54, 1.807) is 0 Å². The van der Waals surface area contributed by atoms with Gasteiger partial charge in [0.2, 0.25) is 0 Å². The van der Waals surface area contributed by atoms with Gasteiger partial charge < -0.3 is 37.2 Å². The van der Waals surface area contributed by atoms with Crippen LogP contribution in [0.5, 0.6) is 0 Å². The van der Waals surface area contributed by atoms with E-state index in [9.17, 15) is 0 Å². The Morgan fingerprint density at radius 1 is 0.394 bits per heavy atom. The number of hydrogen-bond acceptors (Lipinski definition) is 0. The zero-order chi connectivity index (χ0) is 18.3. The van der Waals surface area contributed by atoms with Crippen molar-refractivity contribution < 1.29 is 116 Å². The molecule has 6 rings (SSSR count). The van der Waals surface area contributed by atoms with Crippen LogP contribution in [-0.2, 0) is 78.6 Å². The molecule has 0 saturated heterocycles. The minimum Gasteiger partial charge on any atom is -1.00 e. The maximum Gasteiger partial charge on any atom is 2.00 e. The first-order valence-electron chi connectivity index (χ1n) is 8.71. The zero-order valence-electron chi connectivity index (χ0n) is 17.3. The Kier molecular flexibility index (Phi) is 25.2. The first-order valence-corrected chi connectivity index (χ1v) is 11.7. The number of hydrogen-bond donors (Lipinski definition) is 0. The summed E-state index contributed by atoms with van der Waals surface area (Å²) in [7, 11) is 2.32. The molecule has 3 aromatic carbocycles. The molecule has 0 aliphatic rings. The molecule has 33 heavy (non-hydrogen) atoms. The number of halogens is 3. The molecule has 162 valence electrons. The molecule has 9 heteroatoms. The second-order valence-corrected chi connectivity index (χ2v) is 9.23. The molecule has 0 aliphatic carbocycles. The fourth-order valence-electron chi connectivity index (χ4n) is 2.78. The van der Waals surface area contributed by atoms with E-state index in [1.165, 1.54) is 31.5 Å². The topological polar surface area (TPSA) is 0 Å². The quantitative estimate of drug-likeness (QED) is 0.174. The van der Waals surface area contributed by atoms with E-state index in [4.69, 9.17) is 0 Å². The van der Waals surface area contributed by atoms with Crippen molar-refractivity contribution >= 4 is 56.1 Å². The average molecular weight is 779 g/mol. The summed E-state index contributed by atoms with van der Waals surface area (Å²) in [5.41, 5.74) is 0. The number of rotatable bonds is 0. The van der Waals surface area contributed by atoms with Crippen LogP contribution in [0.2, 0.25) is 0 Å². The summed E-state index contributed by atoms with van der Waals surface area (Å²) in [5, 5.41) is 8.31. The van der Waals surface area contributed by atoms with E-state index < -0.39 is 0 Å². The number of fused-ring (bicyclic) bond motifs is 3. The molecule has 0 aliphatic heterocycles. The van der Waals surface area contributed by atoms with Gasteiger partial charge in [-0.2, -0.15) is 67.1 Å². The van der Waals surface area contributed by atoms with Crippen LogP contribution < -0.4 is 37.2 Å². The van der Waals surface area contributed by atoms with Gasteiger partial charge in [-0.25, -0.2) is 0 Å². The van der Waals surface area contributed by atoms with Crippen LogP contribution in [-0.4, -0.2) is 0 Å². The van der Waals surface area contributed by atoms with E-state index in [1.807, 2.05) is 0 Å². The summed E-state index contributed by atoms with van der Waals surface area (Å²) < 4.78 is 0. The van der Waals surface area contributed by atoms with Crippen molar-refractivity contribution in [2.75, 3.05) is 0 Å². The summed E-state index contributed by atoms with van der Waals surface area (Å²) in [6.07, 6.45) is 0. The third-order valence-electron chi connectivity index (χ3n) is 4.19. The molecular weight excluding hydrogens is 761 g/mol. The Balaban J connectivity index is -0.000000375.